The van der Waals surface area contributed by atoms with E-state index in [0.29, 0.717) is 34.9 Å². The highest BCUT2D eigenvalue weighted by atomic mass is 16.5. The van der Waals surface area contributed by atoms with Gasteiger partial charge in [0.05, 0.1) is 29.5 Å². The molecule has 1 N–H and O–H groups in total. The molecule has 1 aliphatic heterocycles. The van der Waals surface area contributed by atoms with Crippen LogP contribution in [0.5, 0.6) is 5.75 Å². The predicted molar refractivity (Wildman–Crippen MR) is 152 cm³/mol. The summed E-state index contributed by atoms with van der Waals surface area (Å²) in [6.45, 7) is 12.0. The van der Waals surface area contributed by atoms with E-state index in [2.05, 4.69) is 4.98 Å². The van der Waals surface area contributed by atoms with Crippen LogP contribution >= 0.6 is 0 Å². The smallest absolute Gasteiger partial charge is 0.338 e. The number of aliphatic hydroxyl groups is 1. The van der Waals surface area contributed by atoms with Gasteiger partial charge >= 0.3 is 5.97 Å². The second kappa shape index (κ2) is 11.3. The van der Waals surface area contributed by atoms with Gasteiger partial charge in [0.1, 0.15) is 17.6 Å². The molecule has 2 heterocycles. The number of ketones is 1. The van der Waals surface area contributed by atoms with Crippen LogP contribution in [0.1, 0.15) is 74.8 Å². The zero-order chi connectivity index (χ0) is 29.2. The quantitative estimate of drug-likeness (QED) is 0.170. The lowest BCUT2D eigenvalue weighted by atomic mass is 9.84. The Labute approximate surface area is 234 Å². The molecule has 8 nitrogen and oxygen atoms in total. The first-order valence-electron chi connectivity index (χ1n) is 13.2. The van der Waals surface area contributed by atoms with Crippen LogP contribution in [0.25, 0.3) is 5.76 Å². The Hall–Kier alpha value is -4.46. The average Bonchev–Trinajstić information content (AvgIpc) is 3.18. The minimum absolute atomic E-state index is 0.0731. The van der Waals surface area contributed by atoms with Crippen LogP contribution in [0.15, 0.2) is 72.4 Å². The number of carbonyl (C=O) groups is 3. The molecule has 1 unspecified atom stereocenters. The Bertz CT molecular complexity index is 1450. The first kappa shape index (κ1) is 28.5. The van der Waals surface area contributed by atoms with E-state index >= 15 is 0 Å². The molecule has 0 saturated carbocycles. The Morgan fingerprint density at radius 1 is 1.02 bits per heavy atom. The first-order chi connectivity index (χ1) is 18.9. The molecule has 0 bridgehead atoms. The molecule has 1 fully saturated rings. The molecule has 1 amide bonds. The van der Waals surface area contributed by atoms with Crippen molar-refractivity contribution in [1.82, 2.24) is 4.98 Å². The Balaban J connectivity index is 1.85. The third kappa shape index (κ3) is 5.61. The Morgan fingerprint density at radius 3 is 2.27 bits per heavy atom. The summed E-state index contributed by atoms with van der Waals surface area (Å²) in [6, 6.07) is 15.7. The molecule has 0 spiro atoms. The van der Waals surface area contributed by atoms with Crippen LogP contribution < -0.4 is 9.64 Å². The molecule has 40 heavy (non-hydrogen) atoms. The van der Waals surface area contributed by atoms with E-state index in [0.717, 1.165) is 5.56 Å². The maximum absolute atomic E-state index is 13.5. The van der Waals surface area contributed by atoms with Crippen molar-refractivity contribution >= 4 is 29.1 Å². The summed E-state index contributed by atoms with van der Waals surface area (Å²) < 4.78 is 11.1. The van der Waals surface area contributed by atoms with E-state index in [-0.39, 0.29) is 22.9 Å². The zero-order valence-corrected chi connectivity index (χ0v) is 23.6. The Morgan fingerprint density at radius 2 is 1.70 bits per heavy atom. The topological polar surface area (TPSA) is 106 Å². The van der Waals surface area contributed by atoms with Gasteiger partial charge in [0.25, 0.3) is 11.7 Å². The van der Waals surface area contributed by atoms with Crippen molar-refractivity contribution in [2.24, 2.45) is 0 Å². The number of nitrogens with zero attached hydrogens (tertiary/aromatic N) is 2. The van der Waals surface area contributed by atoms with Gasteiger partial charge < -0.3 is 14.6 Å². The minimum atomic E-state index is -0.987. The van der Waals surface area contributed by atoms with Gasteiger partial charge in [0, 0.05) is 23.0 Å². The van der Waals surface area contributed by atoms with Gasteiger partial charge in [-0.05, 0) is 80.8 Å². The van der Waals surface area contributed by atoms with Crippen LogP contribution in [0.4, 0.5) is 5.69 Å². The molecule has 0 radical (unpaired) electrons. The summed E-state index contributed by atoms with van der Waals surface area (Å²) in [6.07, 6.45) is 1.28. The summed E-state index contributed by atoms with van der Waals surface area (Å²) in [5, 5.41) is 11.6. The summed E-state index contributed by atoms with van der Waals surface area (Å²) in [7, 11) is 0. The summed E-state index contributed by atoms with van der Waals surface area (Å²) >= 11 is 0. The van der Waals surface area contributed by atoms with Crippen molar-refractivity contribution in [3.8, 4) is 5.75 Å². The van der Waals surface area contributed by atoms with Crippen LogP contribution in [0.3, 0.4) is 0 Å². The van der Waals surface area contributed by atoms with Gasteiger partial charge in [-0.15, -0.1) is 0 Å². The molecular formula is C32H34N2O6. The molecule has 0 aliphatic carbocycles. The number of carbonyl (C=O) groups excluding carboxylic acids is 3. The SMILES string of the molecule is CCOc1ccc(/C(O)=C2/C(=O)C(=O)N(c3ccc(C(=O)OC(C)C)cc3)C2c2ccccn2)cc1C(C)(C)C. The molecule has 2 aromatic carbocycles. The second-order valence-corrected chi connectivity index (χ2v) is 10.8. The molecular weight excluding hydrogens is 508 g/mol. The van der Waals surface area contributed by atoms with Gasteiger partial charge in [-0.25, -0.2) is 4.79 Å². The lowest BCUT2D eigenvalue weighted by Crippen LogP contribution is -2.29. The molecule has 1 aliphatic rings. The fourth-order valence-electron chi connectivity index (χ4n) is 4.66. The van der Waals surface area contributed by atoms with E-state index in [1.807, 2.05) is 27.7 Å². The number of esters is 1. The van der Waals surface area contributed by atoms with E-state index in [9.17, 15) is 19.5 Å². The number of aromatic nitrogens is 1. The zero-order valence-electron chi connectivity index (χ0n) is 23.6. The van der Waals surface area contributed by atoms with Crippen molar-refractivity contribution in [1.29, 1.82) is 0 Å². The van der Waals surface area contributed by atoms with Crippen LogP contribution in [0.2, 0.25) is 0 Å². The number of ether oxygens (including phenoxy) is 2. The lowest BCUT2D eigenvalue weighted by molar-refractivity contribution is -0.132. The van der Waals surface area contributed by atoms with Crippen molar-refractivity contribution in [3.63, 3.8) is 0 Å². The minimum Gasteiger partial charge on any atom is -0.507 e. The first-order valence-corrected chi connectivity index (χ1v) is 13.2. The fraction of sp³-hybridized carbons (Fsp3) is 0.312. The summed E-state index contributed by atoms with van der Waals surface area (Å²) in [4.78, 5) is 45.0. The number of rotatable bonds is 7. The molecule has 208 valence electrons. The van der Waals surface area contributed by atoms with Crippen molar-refractivity contribution in [2.45, 2.75) is 59.1 Å². The number of benzene rings is 2. The normalized spacial score (nSPS) is 16.9. The van der Waals surface area contributed by atoms with Crippen molar-refractivity contribution in [3.05, 3.63) is 94.8 Å². The van der Waals surface area contributed by atoms with Gasteiger partial charge in [-0.2, -0.15) is 0 Å². The largest absolute Gasteiger partial charge is 0.507 e. The highest BCUT2D eigenvalue weighted by Crippen LogP contribution is 2.42. The van der Waals surface area contributed by atoms with E-state index in [1.54, 1.807) is 68.6 Å². The number of pyridine rings is 1. The van der Waals surface area contributed by atoms with Gasteiger partial charge in [-0.3, -0.25) is 19.5 Å². The monoisotopic (exact) mass is 542 g/mol. The average molecular weight is 543 g/mol. The number of amides is 1. The number of hydrogen-bond donors (Lipinski definition) is 1. The van der Waals surface area contributed by atoms with Crippen molar-refractivity contribution in [2.75, 3.05) is 11.5 Å². The summed E-state index contributed by atoms with van der Waals surface area (Å²) in [5.41, 5.74) is 1.95. The predicted octanol–water partition coefficient (Wildman–Crippen LogP) is 5.97. The summed E-state index contributed by atoms with van der Waals surface area (Å²) in [5.74, 6) is -1.75. The maximum atomic E-state index is 13.5. The third-order valence-corrected chi connectivity index (χ3v) is 6.50. The number of anilines is 1. The maximum Gasteiger partial charge on any atom is 0.338 e. The molecule has 1 atom stereocenters. The third-order valence-electron chi connectivity index (χ3n) is 6.50. The van der Waals surface area contributed by atoms with E-state index in [4.69, 9.17) is 9.47 Å². The molecule has 3 aromatic rings. The molecule has 1 aromatic heterocycles. The molecule has 4 rings (SSSR count). The molecule has 8 heteroatoms. The van der Waals surface area contributed by atoms with Crippen molar-refractivity contribution < 1.29 is 29.0 Å². The van der Waals surface area contributed by atoms with Gasteiger partial charge in [0.15, 0.2) is 0 Å². The van der Waals surface area contributed by atoms with Gasteiger partial charge in [-0.1, -0.05) is 26.8 Å². The van der Waals surface area contributed by atoms with Crippen LogP contribution in [-0.2, 0) is 19.7 Å². The van der Waals surface area contributed by atoms with E-state index < -0.39 is 23.7 Å². The number of Topliss-reactive ketones (excluding diaryl/α,β-unsaturated/α-hetero) is 1. The standard InChI is InChI=1S/C32H34N2O6/c1-7-39-25-16-13-21(18-23(25)32(4,5)6)28(35)26-27(24-10-8-9-17-33-24)34(30(37)29(26)36)22-14-11-20(12-15-22)31(38)40-19(2)3/h8-19,27,35H,7H2,1-6H3/b28-26-. The second-order valence-electron chi connectivity index (χ2n) is 10.8. The number of hydrogen-bond acceptors (Lipinski definition) is 7. The highest BCUT2D eigenvalue weighted by Gasteiger charge is 2.47. The number of aliphatic hydroxyl groups excluding tert-OH is 1. The Kier molecular flexibility index (Phi) is 8.09. The fourth-order valence-corrected chi connectivity index (χ4v) is 4.66. The molecule has 1 saturated heterocycles. The van der Waals surface area contributed by atoms with E-state index in [1.165, 1.54) is 17.0 Å². The van der Waals surface area contributed by atoms with Crippen LogP contribution in [-0.4, -0.2) is 40.5 Å². The lowest BCUT2D eigenvalue weighted by Gasteiger charge is -2.25. The van der Waals surface area contributed by atoms with Gasteiger partial charge in [0.2, 0.25) is 0 Å². The highest BCUT2D eigenvalue weighted by molar-refractivity contribution is 6.51. The van der Waals surface area contributed by atoms with Crippen LogP contribution in [0, 0.1) is 0 Å².